The molecule has 4 heterocycles. The Morgan fingerprint density at radius 2 is 1.93 bits per heavy atom. The first-order valence-electron chi connectivity index (χ1n) is 10.3. The molecule has 2 aliphatic rings. The molecule has 0 spiro atoms. The molecule has 0 N–H and O–H groups in total. The van der Waals surface area contributed by atoms with Crippen LogP contribution < -0.4 is 15.0 Å². The zero-order valence-electron chi connectivity index (χ0n) is 16.6. The fraction of sp³-hybridized carbons (Fsp3) is 0.391. The molecule has 0 radical (unpaired) electrons. The molecule has 1 fully saturated rings. The number of likely N-dealkylation sites (tertiary alicyclic amines) is 1. The van der Waals surface area contributed by atoms with Crippen molar-refractivity contribution in [2.75, 3.05) is 19.8 Å². The van der Waals surface area contributed by atoms with Crippen LogP contribution in [-0.4, -0.2) is 34.0 Å². The lowest BCUT2D eigenvalue weighted by Crippen LogP contribution is -2.25. The Hall–Kier alpha value is -2.86. The summed E-state index contributed by atoms with van der Waals surface area (Å²) in [5.41, 5.74) is 3.83. The standard InChI is InChI=1S/C23H25N3O3/c1-16-7-9-26-22(12-16)24-18(14-23(26)27)15-25-8-2-4-19(25)17-5-6-20-21(13-17)29-11-3-10-28-20/h5-7,9,12-14,19H,2-4,8,10-11,15H2,1H3/t19-/m1/s1. The van der Waals surface area contributed by atoms with E-state index in [-0.39, 0.29) is 5.56 Å². The number of hydrogen-bond acceptors (Lipinski definition) is 5. The second-order valence-corrected chi connectivity index (χ2v) is 7.90. The molecule has 0 saturated carbocycles. The highest BCUT2D eigenvalue weighted by molar-refractivity contribution is 5.45. The molecule has 6 heteroatoms. The molecule has 0 amide bonds. The quantitative estimate of drug-likeness (QED) is 0.684. The van der Waals surface area contributed by atoms with Crippen LogP contribution in [0.15, 0.2) is 47.4 Å². The summed E-state index contributed by atoms with van der Waals surface area (Å²) in [4.78, 5) is 19.7. The van der Waals surface area contributed by atoms with Crippen LogP contribution in [0.2, 0.25) is 0 Å². The molecule has 0 bridgehead atoms. The third kappa shape index (κ3) is 3.60. The van der Waals surface area contributed by atoms with Gasteiger partial charge in [0, 0.05) is 31.3 Å². The van der Waals surface area contributed by atoms with Gasteiger partial charge in [0.15, 0.2) is 11.5 Å². The minimum absolute atomic E-state index is 0.0312. The normalized spacial score (nSPS) is 19.4. The minimum atomic E-state index is -0.0312. The Kier molecular flexibility index (Phi) is 4.72. The van der Waals surface area contributed by atoms with Gasteiger partial charge in [-0.25, -0.2) is 4.98 Å². The number of hydrogen-bond donors (Lipinski definition) is 0. The monoisotopic (exact) mass is 391 g/mol. The summed E-state index contributed by atoms with van der Waals surface area (Å²) in [6.07, 6.45) is 4.92. The van der Waals surface area contributed by atoms with E-state index in [0.717, 1.165) is 48.6 Å². The van der Waals surface area contributed by atoms with Crippen molar-refractivity contribution < 1.29 is 9.47 Å². The van der Waals surface area contributed by atoms with Crippen LogP contribution >= 0.6 is 0 Å². The van der Waals surface area contributed by atoms with E-state index in [1.54, 1.807) is 16.7 Å². The van der Waals surface area contributed by atoms with E-state index in [4.69, 9.17) is 14.5 Å². The van der Waals surface area contributed by atoms with Crippen molar-refractivity contribution in [2.45, 2.75) is 38.8 Å². The second-order valence-electron chi connectivity index (χ2n) is 7.90. The molecule has 1 aromatic carbocycles. The average Bonchev–Trinajstić information content (AvgIpc) is 3.03. The number of benzene rings is 1. The molecule has 0 aliphatic carbocycles. The second kappa shape index (κ2) is 7.52. The Morgan fingerprint density at radius 3 is 2.83 bits per heavy atom. The predicted octanol–water partition coefficient (Wildman–Crippen LogP) is 3.50. The number of rotatable bonds is 3. The Balaban J connectivity index is 1.42. The van der Waals surface area contributed by atoms with Gasteiger partial charge >= 0.3 is 0 Å². The number of aryl methyl sites for hydroxylation is 1. The van der Waals surface area contributed by atoms with Gasteiger partial charge in [0.05, 0.1) is 18.9 Å². The molecular formula is C23H25N3O3. The maximum absolute atomic E-state index is 12.5. The van der Waals surface area contributed by atoms with Crippen LogP contribution in [0.4, 0.5) is 0 Å². The van der Waals surface area contributed by atoms with Crippen LogP contribution in [0, 0.1) is 6.92 Å². The highest BCUT2D eigenvalue weighted by Gasteiger charge is 2.27. The first-order chi connectivity index (χ1) is 14.2. The van der Waals surface area contributed by atoms with Gasteiger partial charge < -0.3 is 9.47 Å². The molecule has 0 unspecified atom stereocenters. The van der Waals surface area contributed by atoms with Gasteiger partial charge in [-0.1, -0.05) is 6.07 Å². The fourth-order valence-electron chi connectivity index (χ4n) is 4.32. The van der Waals surface area contributed by atoms with E-state index in [2.05, 4.69) is 17.0 Å². The third-order valence-corrected chi connectivity index (χ3v) is 5.76. The van der Waals surface area contributed by atoms with Crippen molar-refractivity contribution in [3.8, 4) is 11.5 Å². The maximum atomic E-state index is 12.5. The van der Waals surface area contributed by atoms with Gasteiger partial charge in [0.25, 0.3) is 5.56 Å². The number of fused-ring (bicyclic) bond motifs is 2. The molecule has 6 nitrogen and oxygen atoms in total. The third-order valence-electron chi connectivity index (χ3n) is 5.76. The first kappa shape index (κ1) is 18.2. The molecule has 29 heavy (non-hydrogen) atoms. The van der Waals surface area contributed by atoms with Gasteiger partial charge in [0.1, 0.15) is 5.65 Å². The van der Waals surface area contributed by atoms with E-state index in [9.17, 15) is 4.79 Å². The van der Waals surface area contributed by atoms with Crippen LogP contribution in [0.1, 0.15) is 42.1 Å². The fourth-order valence-corrected chi connectivity index (χ4v) is 4.32. The van der Waals surface area contributed by atoms with Gasteiger partial charge in [-0.3, -0.25) is 14.1 Å². The lowest BCUT2D eigenvalue weighted by Gasteiger charge is -2.25. The van der Waals surface area contributed by atoms with Gasteiger partial charge in [-0.05, 0) is 61.7 Å². The summed E-state index contributed by atoms with van der Waals surface area (Å²) >= 11 is 0. The van der Waals surface area contributed by atoms with Crippen LogP contribution in [0.5, 0.6) is 11.5 Å². The average molecular weight is 391 g/mol. The number of aromatic nitrogens is 2. The molecular weight excluding hydrogens is 366 g/mol. The first-order valence-corrected chi connectivity index (χ1v) is 10.3. The maximum Gasteiger partial charge on any atom is 0.258 e. The Labute approximate surface area is 169 Å². The van der Waals surface area contributed by atoms with E-state index < -0.39 is 0 Å². The molecule has 1 atom stereocenters. The van der Waals surface area contributed by atoms with E-state index in [0.29, 0.717) is 31.4 Å². The lowest BCUT2D eigenvalue weighted by atomic mass is 10.0. The summed E-state index contributed by atoms with van der Waals surface area (Å²) < 4.78 is 13.2. The smallest absolute Gasteiger partial charge is 0.258 e. The van der Waals surface area contributed by atoms with Crippen molar-refractivity contribution in [1.29, 1.82) is 0 Å². The Morgan fingerprint density at radius 1 is 1.07 bits per heavy atom. The summed E-state index contributed by atoms with van der Waals surface area (Å²) in [7, 11) is 0. The van der Waals surface area contributed by atoms with Crippen LogP contribution in [-0.2, 0) is 6.54 Å². The van der Waals surface area contributed by atoms with Crippen molar-refractivity contribution in [2.24, 2.45) is 0 Å². The topological polar surface area (TPSA) is 56.1 Å². The largest absolute Gasteiger partial charge is 0.490 e. The molecule has 150 valence electrons. The number of pyridine rings is 1. The number of ether oxygens (including phenoxy) is 2. The van der Waals surface area contributed by atoms with Crippen LogP contribution in [0.25, 0.3) is 5.65 Å². The van der Waals surface area contributed by atoms with E-state index in [1.807, 2.05) is 25.1 Å². The van der Waals surface area contributed by atoms with Gasteiger partial charge in [-0.2, -0.15) is 0 Å². The molecule has 2 aliphatic heterocycles. The van der Waals surface area contributed by atoms with E-state index in [1.165, 1.54) is 5.56 Å². The highest BCUT2D eigenvalue weighted by Crippen LogP contribution is 2.38. The Bertz CT molecular complexity index is 1110. The SMILES string of the molecule is Cc1ccn2c(=O)cc(CN3CCC[C@@H]3c3ccc4c(c3)OCCCO4)nc2c1. The number of nitrogens with zero attached hydrogens (tertiary/aromatic N) is 3. The van der Waals surface area contributed by atoms with Crippen molar-refractivity contribution in [3.63, 3.8) is 0 Å². The molecule has 1 saturated heterocycles. The summed E-state index contributed by atoms with van der Waals surface area (Å²) in [5, 5.41) is 0. The summed E-state index contributed by atoms with van der Waals surface area (Å²) in [6.45, 7) is 5.06. The molecule has 2 aromatic heterocycles. The molecule has 3 aromatic rings. The predicted molar refractivity (Wildman–Crippen MR) is 111 cm³/mol. The summed E-state index contributed by atoms with van der Waals surface area (Å²) in [6, 6.07) is 12.1. The van der Waals surface area contributed by atoms with Gasteiger partial charge in [-0.15, -0.1) is 0 Å². The van der Waals surface area contributed by atoms with Crippen molar-refractivity contribution in [1.82, 2.24) is 14.3 Å². The minimum Gasteiger partial charge on any atom is -0.490 e. The highest BCUT2D eigenvalue weighted by atomic mass is 16.5. The lowest BCUT2D eigenvalue weighted by molar-refractivity contribution is 0.244. The zero-order valence-corrected chi connectivity index (χ0v) is 16.6. The van der Waals surface area contributed by atoms with Crippen molar-refractivity contribution in [3.05, 3.63) is 69.8 Å². The van der Waals surface area contributed by atoms with Gasteiger partial charge in [0.2, 0.25) is 0 Å². The molecule has 5 rings (SSSR count). The van der Waals surface area contributed by atoms with Crippen molar-refractivity contribution >= 4 is 5.65 Å². The van der Waals surface area contributed by atoms with Crippen LogP contribution in [0.3, 0.4) is 0 Å². The van der Waals surface area contributed by atoms with E-state index >= 15 is 0 Å². The summed E-state index contributed by atoms with van der Waals surface area (Å²) in [5.74, 6) is 1.67. The zero-order chi connectivity index (χ0) is 19.8.